The van der Waals surface area contributed by atoms with Gasteiger partial charge in [0.25, 0.3) is 5.91 Å². The van der Waals surface area contributed by atoms with Crippen LogP contribution in [0.1, 0.15) is 29.3 Å². The molecule has 0 radical (unpaired) electrons. The SMILES string of the molecule is C[C@@]1(O)c2cccc(O)c2C(=O)C2=C(O)[C@]3(O)C(=O)C(C(N)=O)=C(O)[C@@H](N)[C@@H]3C[C@@H]21. The number of primary amides is 1. The highest BCUT2D eigenvalue weighted by Gasteiger charge is 2.64. The number of aliphatic hydroxyl groups is 4. The Labute approximate surface area is 169 Å². The minimum atomic E-state index is -2.81. The minimum Gasteiger partial charge on any atom is -0.510 e. The fourth-order valence-electron chi connectivity index (χ4n) is 4.97. The predicted octanol–water partition coefficient (Wildman–Crippen LogP) is -0.817. The maximum absolute atomic E-state index is 13.2. The van der Waals surface area contributed by atoms with Gasteiger partial charge in [0.1, 0.15) is 22.8 Å². The molecule has 0 aromatic heterocycles. The number of phenolic OH excluding ortho intramolecular Hbond substituents is 1. The van der Waals surface area contributed by atoms with Crippen LogP contribution in [-0.2, 0) is 15.2 Å². The van der Waals surface area contributed by atoms with Gasteiger partial charge in [0.15, 0.2) is 11.4 Å². The number of rotatable bonds is 1. The first kappa shape index (κ1) is 20.1. The second-order valence-corrected chi connectivity index (χ2v) is 8.08. The van der Waals surface area contributed by atoms with Crippen LogP contribution in [0.25, 0.3) is 0 Å². The molecule has 158 valence electrons. The Balaban J connectivity index is 2.03. The summed E-state index contributed by atoms with van der Waals surface area (Å²) in [7, 11) is 0. The number of aromatic hydroxyl groups is 1. The van der Waals surface area contributed by atoms with Crippen molar-refractivity contribution >= 4 is 17.5 Å². The fourth-order valence-corrected chi connectivity index (χ4v) is 4.97. The highest BCUT2D eigenvalue weighted by atomic mass is 16.3. The summed E-state index contributed by atoms with van der Waals surface area (Å²) in [5.74, 6) is -8.49. The lowest BCUT2D eigenvalue weighted by Crippen LogP contribution is -2.64. The lowest BCUT2D eigenvalue weighted by atomic mass is 9.55. The number of phenols is 1. The van der Waals surface area contributed by atoms with E-state index in [0.29, 0.717) is 0 Å². The van der Waals surface area contributed by atoms with Crippen molar-refractivity contribution in [3.63, 3.8) is 0 Å². The molecule has 1 aromatic rings. The Morgan fingerprint density at radius 3 is 2.40 bits per heavy atom. The fraction of sp³-hybridized carbons (Fsp3) is 0.350. The first-order valence-electron chi connectivity index (χ1n) is 9.15. The van der Waals surface area contributed by atoms with E-state index in [4.69, 9.17) is 11.5 Å². The van der Waals surface area contributed by atoms with Gasteiger partial charge in [0.05, 0.1) is 17.2 Å². The molecule has 0 bridgehead atoms. The van der Waals surface area contributed by atoms with Gasteiger partial charge in [-0.25, -0.2) is 0 Å². The maximum Gasteiger partial charge on any atom is 0.255 e. The Morgan fingerprint density at radius 2 is 1.80 bits per heavy atom. The number of carbonyl (C=O) groups excluding carboxylic acids is 3. The first-order valence-corrected chi connectivity index (χ1v) is 9.15. The van der Waals surface area contributed by atoms with Crippen LogP contribution >= 0.6 is 0 Å². The van der Waals surface area contributed by atoms with Crippen LogP contribution in [-0.4, -0.2) is 54.6 Å². The quantitative estimate of drug-likeness (QED) is 0.285. The van der Waals surface area contributed by atoms with Crippen molar-refractivity contribution in [3.05, 3.63) is 52.0 Å². The van der Waals surface area contributed by atoms with Gasteiger partial charge in [-0.3, -0.25) is 14.4 Å². The number of benzene rings is 1. The monoisotopic (exact) mass is 416 g/mol. The number of ketones is 2. The van der Waals surface area contributed by atoms with E-state index < -0.39 is 75.0 Å². The Hall–Kier alpha value is -3.21. The van der Waals surface area contributed by atoms with Crippen LogP contribution in [0.2, 0.25) is 0 Å². The van der Waals surface area contributed by atoms with Crippen molar-refractivity contribution < 1.29 is 39.9 Å². The van der Waals surface area contributed by atoms with Crippen molar-refractivity contribution in [1.82, 2.24) is 0 Å². The molecule has 0 spiro atoms. The number of hydrogen-bond acceptors (Lipinski definition) is 9. The molecule has 1 amide bonds. The van der Waals surface area contributed by atoms with E-state index >= 15 is 0 Å². The summed E-state index contributed by atoms with van der Waals surface area (Å²) in [5, 5.41) is 53.8. The molecule has 9 N–H and O–H groups in total. The van der Waals surface area contributed by atoms with Gasteiger partial charge < -0.3 is 37.0 Å². The smallest absolute Gasteiger partial charge is 0.255 e. The topological polar surface area (TPSA) is 204 Å². The summed E-state index contributed by atoms with van der Waals surface area (Å²) in [5.41, 5.74) is 4.89. The largest absolute Gasteiger partial charge is 0.510 e. The maximum atomic E-state index is 13.2. The number of amides is 1. The number of Topliss-reactive ketones (excluding diaryl/α,β-unsaturated/α-hetero) is 2. The van der Waals surface area contributed by atoms with Crippen molar-refractivity contribution in [3.8, 4) is 5.75 Å². The standard InChI is InChI=1S/C20H20N2O8/c1-19(29)6-3-2-4-9(23)10(6)14(24)11-7(19)5-8-13(21)15(25)12(18(22)28)17(27)20(8,30)16(11)26/h2-4,7-8,13,23,25-26,29-30H,5,21H2,1H3,(H2,22,28)/t7-,8-,13-,19+,20-/m0/s1. The van der Waals surface area contributed by atoms with E-state index in [0.717, 1.165) is 0 Å². The van der Waals surface area contributed by atoms with Crippen LogP contribution in [0, 0.1) is 11.8 Å². The molecule has 10 nitrogen and oxygen atoms in total. The van der Waals surface area contributed by atoms with Crippen molar-refractivity contribution in [2.24, 2.45) is 23.3 Å². The molecule has 1 aromatic carbocycles. The minimum absolute atomic E-state index is 0.104. The molecule has 3 aliphatic carbocycles. The number of nitrogens with two attached hydrogens (primary N) is 2. The summed E-state index contributed by atoms with van der Waals surface area (Å²) >= 11 is 0. The van der Waals surface area contributed by atoms with Gasteiger partial charge in [-0.05, 0) is 25.0 Å². The number of fused-ring (bicyclic) bond motifs is 3. The van der Waals surface area contributed by atoms with Crippen molar-refractivity contribution in [2.45, 2.75) is 30.6 Å². The third-order valence-electron chi connectivity index (χ3n) is 6.55. The number of aliphatic hydroxyl groups excluding tert-OH is 2. The average Bonchev–Trinajstić information content (AvgIpc) is 2.66. The van der Waals surface area contributed by atoms with E-state index in [1.807, 2.05) is 0 Å². The van der Waals surface area contributed by atoms with Gasteiger partial charge in [-0.15, -0.1) is 0 Å². The molecule has 0 heterocycles. The van der Waals surface area contributed by atoms with Crippen LogP contribution in [0.15, 0.2) is 40.9 Å². The van der Waals surface area contributed by atoms with E-state index in [1.54, 1.807) is 0 Å². The number of carbonyl (C=O) groups is 3. The Kier molecular flexibility index (Phi) is 3.95. The lowest BCUT2D eigenvalue weighted by Gasteiger charge is -2.51. The molecule has 0 saturated heterocycles. The zero-order chi connectivity index (χ0) is 22.3. The second-order valence-electron chi connectivity index (χ2n) is 8.08. The summed E-state index contributed by atoms with van der Waals surface area (Å²) in [6.45, 7) is 1.36. The highest BCUT2D eigenvalue weighted by Crippen LogP contribution is 2.55. The molecule has 30 heavy (non-hydrogen) atoms. The molecular weight excluding hydrogens is 396 g/mol. The van der Waals surface area contributed by atoms with Crippen LogP contribution in [0.4, 0.5) is 0 Å². The molecule has 3 aliphatic rings. The second kappa shape index (κ2) is 5.91. The molecule has 0 saturated carbocycles. The molecule has 5 atom stereocenters. The van der Waals surface area contributed by atoms with Gasteiger partial charge in [0.2, 0.25) is 5.78 Å². The van der Waals surface area contributed by atoms with Crippen LogP contribution < -0.4 is 11.5 Å². The third-order valence-corrected chi connectivity index (χ3v) is 6.55. The predicted molar refractivity (Wildman–Crippen MR) is 100 cm³/mol. The normalized spacial score (nSPS) is 35.7. The van der Waals surface area contributed by atoms with E-state index in [-0.39, 0.29) is 17.5 Å². The van der Waals surface area contributed by atoms with E-state index in [1.165, 1.54) is 25.1 Å². The summed E-state index contributed by atoms with van der Waals surface area (Å²) < 4.78 is 0. The van der Waals surface area contributed by atoms with Gasteiger partial charge in [-0.1, -0.05) is 12.1 Å². The van der Waals surface area contributed by atoms with E-state index in [2.05, 4.69) is 0 Å². The molecule has 4 rings (SSSR count). The van der Waals surface area contributed by atoms with Crippen molar-refractivity contribution in [1.29, 1.82) is 0 Å². The zero-order valence-corrected chi connectivity index (χ0v) is 15.8. The van der Waals surface area contributed by atoms with Gasteiger partial charge in [-0.2, -0.15) is 0 Å². The lowest BCUT2D eigenvalue weighted by molar-refractivity contribution is -0.148. The molecule has 0 unspecified atom stereocenters. The average molecular weight is 416 g/mol. The van der Waals surface area contributed by atoms with Gasteiger partial charge >= 0.3 is 0 Å². The van der Waals surface area contributed by atoms with Crippen LogP contribution in [0.5, 0.6) is 5.75 Å². The summed E-state index contributed by atoms with van der Waals surface area (Å²) in [6, 6.07) is 2.62. The Morgan fingerprint density at radius 1 is 1.17 bits per heavy atom. The van der Waals surface area contributed by atoms with Crippen molar-refractivity contribution in [2.75, 3.05) is 0 Å². The molecule has 0 aliphatic heterocycles. The molecule has 10 heteroatoms. The Bertz CT molecular complexity index is 1100. The molecule has 0 fully saturated rings. The molecular formula is C20H20N2O8. The number of hydrogen-bond donors (Lipinski definition) is 7. The summed E-state index contributed by atoms with van der Waals surface area (Å²) in [6.07, 6.45) is -0.285. The van der Waals surface area contributed by atoms with E-state index in [9.17, 15) is 39.9 Å². The van der Waals surface area contributed by atoms with Gasteiger partial charge in [0, 0.05) is 17.4 Å². The third kappa shape index (κ3) is 2.15. The zero-order valence-electron chi connectivity index (χ0n) is 15.8. The first-order chi connectivity index (χ1) is 13.9. The highest BCUT2D eigenvalue weighted by molar-refractivity contribution is 6.24. The summed E-state index contributed by atoms with van der Waals surface area (Å²) in [4.78, 5) is 37.7. The van der Waals surface area contributed by atoms with Crippen LogP contribution in [0.3, 0.4) is 0 Å².